The van der Waals surface area contributed by atoms with Crippen molar-refractivity contribution in [2.24, 2.45) is 21.7 Å². The van der Waals surface area contributed by atoms with E-state index >= 15 is 0 Å². The van der Waals surface area contributed by atoms with E-state index in [2.05, 4.69) is 10.2 Å². The summed E-state index contributed by atoms with van der Waals surface area (Å²) >= 11 is 0. The zero-order valence-corrected chi connectivity index (χ0v) is 9.22. The molecular weight excluding hydrogens is 204 g/mol. The van der Waals surface area contributed by atoms with Crippen molar-refractivity contribution >= 4 is 11.7 Å². The first-order valence-corrected chi connectivity index (χ1v) is 5.04. The van der Waals surface area contributed by atoms with Gasteiger partial charge >= 0.3 is 0 Å². The van der Waals surface area contributed by atoms with Crippen LogP contribution in [-0.2, 0) is 6.42 Å². The van der Waals surface area contributed by atoms with Crippen molar-refractivity contribution in [1.29, 1.82) is 0 Å². The quantitative estimate of drug-likeness (QED) is 0.400. The standard InChI is InChI=1S/C11H16N4O/c1-2-9(14-15-11(12)13)7-8-3-5-10(16)6-4-8/h3-6,16H,2,7H2,1H3,(H4,12,13,15)/b14-9-. The van der Waals surface area contributed by atoms with E-state index in [1.54, 1.807) is 12.1 Å². The van der Waals surface area contributed by atoms with Crippen LogP contribution >= 0.6 is 0 Å². The van der Waals surface area contributed by atoms with E-state index < -0.39 is 0 Å². The van der Waals surface area contributed by atoms with Crippen molar-refractivity contribution in [1.82, 2.24) is 0 Å². The molecule has 0 aliphatic heterocycles. The highest BCUT2D eigenvalue weighted by molar-refractivity contribution is 5.87. The predicted molar refractivity (Wildman–Crippen MR) is 65.3 cm³/mol. The third-order valence-corrected chi connectivity index (χ3v) is 2.06. The molecule has 0 saturated heterocycles. The number of benzene rings is 1. The number of hydrogen-bond donors (Lipinski definition) is 3. The van der Waals surface area contributed by atoms with Gasteiger partial charge in [0.15, 0.2) is 0 Å². The second kappa shape index (κ2) is 5.75. The fourth-order valence-corrected chi connectivity index (χ4v) is 1.21. The minimum atomic E-state index is -0.0448. The Morgan fingerprint density at radius 1 is 1.19 bits per heavy atom. The van der Waals surface area contributed by atoms with E-state index in [4.69, 9.17) is 16.6 Å². The topological polar surface area (TPSA) is 97.0 Å². The number of phenolic OH excluding ortho intramolecular Hbond substituents is 1. The SMILES string of the molecule is CC/C(Cc1ccc(O)cc1)=N/N=C(N)N. The molecule has 0 fully saturated rings. The summed E-state index contributed by atoms with van der Waals surface area (Å²) in [6.45, 7) is 1.99. The molecule has 0 heterocycles. The molecule has 0 radical (unpaired) electrons. The maximum absolute atomic E-state index is 9.14. The van der Waals surface area contributed by atoms with E-state index in [1.807, 2.05) is 19.1 Å². The molecule has 1 aromatic carbocycles. The zero-order valence-electron chi connectivity index (χ0n) is 9.22. The predicted octanol–water partition coefficient (Wildman–Crippen LogP) is 0.974. The molecular formula is C11H16N4O. The number of nitrogens with zero attached hydrogens (tertiary/aromatic N) is 2. The Bertz CT molecular complexity index is 391. The Labute approximate surface area is 94.5 Å². The highest BCUT2D eigenvalue weighted by atomic mass is 16.3. The van der Waals surface area contributed by atoms with Crippen LogP contribution in [0, 0.1) is 0 Å². The second-order valence-corrected chi connectivity index (χ2v) is 3.39. The molecule has 1 rings (SSSR count). The number of nitrogens with two attached hydrogens (primary N) is 2. The van der Waals surface area contributed by atoms with Crippen molar-refractivity contribution in [2.75, 3.05) is 0 Å². The van der Waals surface area contributed by atoms with E-state index in [-0.39, 0.29) is 11.7 Å². The molecule has 0 aliphatic carbocycles. The lowest BCUT2D eigenvalue weighted by molar-refractivity contribution is 0.475. The Morgan fingerprint density at radius 2 is 1.81 bits per heavy atom. The third kappa shape index (κ3) is 4.00. The molecule has 0 unspecified atom stereocenters. The monoisotopic (exact) mass is 220 g/mol. The Kier molecular flexibility index (Phi) is 4.32. The van der Waals surface area contributed by atoms with Crippen molar-refractivity contribution in [3.05, 3.63) is 29.8 Å². The van der Waals surface area contributed by atoms with E-state index in [9.17, 15) is 0 Å². The Morgan fingerprint density at radius 3 is 2.31 bits per heavy atom. The van der Waals surface area contributed by atoms with Crippen LogP contribution in [0.1, 0.15) is 18.9 Å². The van der Waals surface area contributed by atoms with Gasteiger partial charge in [-0.1, -0.05) is 19.1 Å². The van der Waals surface area contributed by atoms with Crippen LogP contribution in [0.4, 0.5) is 0 Å². The fourth-order valence-electron chi connectivity index (χ4n) is 1.21. The van der Waals surface area contributed by atoms with Crippen LogP contribution in [0.25, 0.3) is 0 Å². The largest absolute Gasteiger partial charge is 0.508 e. The minimum absolute atomic E-state index is 0.0448. The van der Waals surface area contributed by atoms with Crippen LogP contribution in [0.3, 0.4) is 0 Å². The van der Waals surface area contributed by atoms with Gasteiger partial charge < -0.3 is 16.6 Å². The van der Waals surface area contributed by atoms with E-state index in [1.165, 1.54) is 0 Å². The van der Waals surface area contributed by atoms with Gasteiger partial charge in [0, 0.05) is 12.1 Å². The van der Waals surface area contributed by atoms with Crippen LogP contribution in [0.5, 0.6) is 5.75 Å². The summed E-state index contributed by atoms with van der Waals surface area (Å²) in [5, 5.41) is 16.7. The first kappa shape index (κ1) is 12.0. The molecule has 0 saturated carbocycles. The number of guanidine groups is 1. The van der Waals surface area contributed by atoms with Crippen molar-refractivity contribution in [3.8, 4) is 5.75 Å². The van der Waals surface area contributed by atoms with E-state index in [0.29, 0.717) is 6.42 Å². The maximum atomic E-state index is 9.14. The zero-order chi connectivity index (χ0) is 12.0. The molecule has 0 atom stereocenters. The van der Waals surface area contributed by atoms with E-state index in [0.717, 1.165) is 17.7 Å². The molecule has 0 aliphatic rings. The van der Waals surface area contributed by atoms with Gasteiger partial charge in [-0.25, -0.2) is 0 Å². The van der Waals surface area contributed by atoms with Gasteiger partial charge in [0.2, 0.25) is 5.96 Å². The summed E-state index contributed by atoms with van der Waals surface area (Å²) in [6, 6.07) is 6.97. The molecule has 0 bridgehead atoms. The average Bonchev–Trinajstić information content (AvgIpc) is 2.26. The first-order chi connectivity index (χ1) is 7.61. The third-order valence-electron chi connectivity index (χ3n) is 2.06. The summed E-state index contributed by atoms with van der Waals surface area (Å²) < 4.78 is 0. The lowest BCUT2D eigenvalue weighted by Crippen LogP contribution is -2.22. The average molecular weight is 220 g/mol. The molecule has 5 heteroatoms. The van der Waals surface area contributed by atoms with Crippen LogP contribution < -0.4 is 11.5 Å². The van der Waals surface area contributed by atoms with Gasteiger partial charge in [0.05, 0.1) is 0 Å². The minimum Gasteiger partial charge on any atom is -0.508 e. The Hall–Kier alpha value is -2.04. The second-order valence-electron chi connectivity index (χ2n) is 3.39. The molecule has 16 heavy (non-hydrogen) atoms. The highest BCUT2D eigenvalue weighted by Gasteiger charge is 1.99. The number of rotatable bonds is 4. The van der Waals surface area contributed by atoms with Crippen LogP contribution in [0.2, 0.25) is 0 Å². The molecule has 5 N–H and O–H groups in total. The summed E-state index contributed by atoms with van der Waals surface area (Å²) in [5.74, 6) is 0.208. The van der Waals surface area contributed by atoms with Gasteiger partial charge in [0.1, 0.15) is 5.75 Å². The highest BCUT2D eigenvalue weighted by Crippen LogP contribution is 2.11. The van der Waals surface area contributed by atoms with Gasteiger partial charge in [-0.2, -0.15) is 5.10 Å². The summed E-state index contributed by atoms with van der Waals surface area (Å²) in [5.41, 5.74) is 12.3. The molecule has 0 amide bonds. The molecule has 0 aromatic heterocycles. The number of hydrogen-bond acceptors (Lipinski definition) is 3. The maximum Gasteiger partial charge on any atom is 0.211 e. The number of aromatic hydroxyl groups is 1. The van der Waals surface area contributed by atoms with Crippen LogP contribution in [0.15, 0.2) is 34.5 Å². The van der Waals surface area contributed by atoms with Gasteiger partial charge in [-0.3, -0.25) is 0 Å². The summed E-state index contributed by atoms with van der Waals surface area (Å²) in [4.78, 5) is 0. The summed E-state index contributed by atoms with van der Waals surface area (Å²) in [6.07, 6.45) is 1.45. The lowest BCUT2D eigenvalue weighted by atomic mass is 10.1. The first-order valence-electron chi connectivity index (χ1n) is 5.04. The van der Waals surface area contributed by atoms with Crippen molar-refractivity contribution in [2.45, 2.75) is 19.8 Å². The Balaban J connectivity index is 2.74. The molecule has 0 spiro atoms. The molecule has 5 nitrogen and oxygen atoms in total. The normalized spacial score (nSPS) is 11.2. The van der Waals surface area contributed by atoms with Crippen molar-refractivity contribution < 1.29 is 5.11 Å². The lowest BCUT2D eigenvalue weighted by Gasteiger charge is -2.02. The number of phenols is 1. The van der Waals surface area contributed by atoms with Gasteiger partial charge in [0.25, 0.3) is 0 Å². The van der Waals surface area contributed by atoms with Gasteiger partial charge in [-0.05, 0) is 24.1 Å². The smallest absolute Gasteiger partial charge is 0.211 e. The van der Waals surface area contributed by atoms with Crippen LogP contribution in [-0.4, -0.2) is 16.8 Å². The van der Waals surface area contributed by atoms with Crippen molar-refractivity contribution in [3.63, 3.8) is 0 Å². The summed E-state index contributed by atoms with van der Waals surface area (Å²) in [7, 11) is 0. The molecule has 86 valence electrons. The fraction of sp³-hybridized carbons (Fsp3) is 0.273. The molecule has 1 aromatic rings. The van der Waals surface area contributed by atoms with Gasteiger partial charge in [-0.15, -0.1) is 5.10 Å².